The van der Waals surface area contributed by atoms with Crippen molar-refractivity contribution >= 4 is 17.3 Å². The molecule has 5 nitrogen and oxygen atoms in total. The number of rotatable bonds is 5. The molecule has 0 amide bonds. The van der Waals surface area contributed by atoms with E-state index in [0.717, 1.165) is 23.6 Å². The van der Waals surface area contributed by atoms with Gasteiger partial charge in [-0.05, 0) is 44.1 Å². The predicted octanol–water partition coefficient (Wildman–Crippen LogP) is 2.80. The van der Waals surface area contributed by atoms with Gasteiger partial charge in [0.2, 0.25) is 0 Å². The molecule has 0 unspecified atom stereocenters. The Morgan fingerprint density at radius 2 is 2.09 bits per heavy atom. The number of nitrogen functional groups attached to an aromatic ring is 1. The van der Waals surface area contributed by atoms with E-state index in [9.17, 15) is 0 Å². The van der Waals surface area contributed by atoms with Crippen LogP contribution in [0.25, 0.3) is 11.3 Å². The van der Waals surface area contributed by atoms with Crippen molar-refractivity contribution in [1.82, 2.24) is 14.7 Å². The second-order valence-corrected chi connectivity index (χ2v) is 6.02. The lowest BCUT2D eigenvalue weighted by Gasteiger charge is -2.17. The van der Waals surface area contributed by atoms with Crippen LogP contribution in [0.15, 0.2) is 24.4 Å². The van der Waals surface area contributed by atoms with Crippen molar-refractivity contribution in [1.29, 1.82) is 0 Å². The van der Waals surface area contributed by atoms with Crippen LogP contribution in [0.2, 0.25) is 5.02 Å². The van der Waals surface area contributed by atoms with Crippen LogP contribution in [-0.4, -0.2) is 40.9 Å². The Bertz CT molecular complexity index is 630. The first-order valence-electron chi connectivity index (χ1n) is 7.57. The molecule has 0 aliphatic carbocycles. The lowest BCUT2D eigenvalue weighted by Crippen LogP contribution is -2.25. The molecular weight excluding hydrogens is 300 g/mol. The third kappa shape index (κ3) is 3.20. The van der Waals surface area contributed by atoms with Gasteiger partial charge in [-0.3, -0.25) is 9.58 Å². The molecule has 1 fully saturated rings. The summed E-state index contributed by atoms with van der Waals surface area (Å²) in [6.07, 6.45) is 4.21. The Morgan fingerprint density at radius 3 is 2.77 bits per heavy atom. The smallest absolute Gasteiger partial charge is 0.128 e. The van der Waals surface area contributed by atoms with E-state index in [2.05, 4.69) is 10.00 Å². The minimum atomic E-state index is 0.595. The standard InChI is InChI=1S/C16H21ClN4O/c1-20-16(14(17)11-19-20)13-10-12(18)4-5-15(13)22-9-8-21-6-2-3-7-21/h4-5,10-11H,2-3,6-9,18H2,1H3. The van der Waals surface area contributed by atoms with Crippen molar-refractivity contribution in [3.8, 4) is 17.0 Å². The van der Waals surface area contributed by atoms with Gasteiger partial charge in [0, 0.05) is 24.8 Å². The van der Waals surface area contributed by atoms with Crippen molar-refractivity contribution in [3.63, 3.8) is 0 Å². The van der Waals surface area contributed by atoms with Crippen LogP contribution in [0.4, 0.5) is 5.69 Å². The highest BCUT2D eigenvalue weighted by atomic mass is 35.5. The van der Waals surface area contributed by atoms with Gasteiger partial charge < -0.3 is 10.5 Å². The molecule has 6 heteroatoms. The molecule has 0 radical (unpaired) electrons. The van der Waals surface area contributed by atoms with Crippen molar-refractivity contribution in [2.45, 2.75) is 12.8 Å². The summed E-state index contributed by atoms with van der Waals surface area (Å²) in [5.41, 5.74) is 8.31. The molecule has 0 atom stereocenters. The number of nitrogens with zero attached hydrogens (tertiary/aromatic N) is 3. The van der Waals surface area contributed by atoms with Crippen LogP contribution < -0.4 is 10.5 Å². The number of halogens is 1. The van der Waals surface area contributed by atoms with Gasteiger partial charge >= 0.3 is 0 Å². The van der Waals surface area contributed by atoms with E-state index < -0.39 is 0 Å². The number of aryl methyl sites for hydroxylation is 1. The maximum absolute atomic E-state index is 6.25. The van der Waals surface area contributed by atoms with E-state index in [-0.39, 0.29) is 0 Å². The molecule has 22 heavy (non-hydrogen) atoms. The molecule has 1 aliphatic heterocycles. The highest BCUT2D eigenvalue weighted by Gasteiger charge is 2.16. The van der Waals surface area contributed by atoms with Crippen LogP contribution in [0, 0.1) is 0 Å². The number of anilines is 1. The van der Waals surface area contributed by atoms with Gasteiger partial charge in [0.25, 0.3) is 0 Å². The van der Waals surface area contributed by atoms with Crippen LogP contribution in [-0.2, 0) is 7.05 Å². The Kier molecular flexibility index (Phi) is 4.55. The molecule has 2 N–H and O–H groups in total. The largest absolute Gasteiger partial charge is 0.492 e. The van der Waals surface area contributed by atoms with Gasteiger partial charge in [0.1, 0.15) is 12.4 Å². The summed E-state index contributed by atoms with van der Waals surface area (Å²) in [7, 11) is 1.86. The summed E-state index contributed by atoms with van der Waals surface area (Å²) in [5, 5.41) is 4.78. The van der Waals surface area contributed by atoms with Crippen LogP contribution in [0.1, 0.15) is 12.8 Å². The Morgan fingerprint density at radius 1 is 1.32 bits per heavy atom. The van der Waals surface area contributed by atoms with Crippen molar-refractivity contribution in [2.24, 2.45) is 7.05 Å². The molecule has 1 aromatic heterocycles. The molecule has 1 aliphatic rings. The molecule has 0 spiro atoms. The van der Waals surface area contributed by atoms with Gasteiger partial charge in [-0.15, -0.1) is 0 Å². The fraction of sp³-hybridized carbons (Fsp3) is 0.438. The van der Waals surface area contributed by atoms with Crippen molar-refractivity contribution in [2.75, 3.05) is 32.0 Å². The van der Waals surface area contributed by atoms with Crippen molar-refractivity contribution in [3.05, 3.63) is 29.4 Å². The Hall–Kier alpha value is -1.72. The fourth-order valence-electron chi connectivity index (χ4n) is 2.86. The highest BCUT2D eigenvalue weighted by Crippen LogP contribution is 2.35. The van der Waals surface area contributed by atoms with E-state index in [4.69, 9.17) is 22.1 Å². The second kappa shape index (κ2) is 6.58. The van der Waals surface area contributed by atoms with E-state index in [1.807, 2.05) is 25.2 Å². The first-order valence-corrected chi connectivity index (χ1v) is 7.95. The molecule has 2 aromatic rings. The molecule has 0 bridgehead atoms. The zero-order valence-electron chi connectivity index (χ0n) is 12.8. The van der Waals surface area contributed by atoms with Gasteiger partial charge in [0.05, 0.1) is 16.9 Å². The van der Waals surface area contributed by atoms with E-state index in [1.165, 1.54) is 25.9 Å². The lowest BCUT2D eigenvalue weighted by molar-refractivity contribution is 0.238. The quantitative estimate of drug-likeness (QED) is 0.861. The summed E-state index contributed by atoms with van der Waals surface area (Å²) in [6.45, 7) is 3.95. The normalized spacial score (nSPS) is 15.4. The summed E-state index contributed by atoms with van der Waals surface area (Å²) in [6, 6.07) is 5.63. The number of ether oxygens (including phenoxy) is 1. The predicted molar refractivity (Wildman–Crippen MR) is 89.2 cm³/mol. The molecule has 118 valence electrons. The van der Waals surface area contributed by atoms with Gasteiger partial charge in [-0.2, -0.15) is 5.10 Å². The van der Waals surface area contributed by atoms with Crippen LogP contribution in [0.3, 0.4) is 0 Å². The monoisotopic (exact) mass is 320 g/mol. The lowest BCUT2D eigenvalue weighted by atomic mass is 10.1. The average molecular weight is 321 g/mol. The van der Waals surface area contributed by atoms with Crippen LogP contribution >= 0.6 is 11.6 Å². The minimum absolute atomic E-state index is 0.595. The topological polar surface area (TPSA) is 56.3 Å². The Labute approximate surface area is 135 Å². The third-order valence-corrected chi connectivity index (χ3v) is 4.29. The zero-order valence-corrected chi connectivity index (χ0v) is 13.5. The molecule has 3 rings (SSSR count). The summed E-state index contributed by atoms with van der Waals surface area (Å²) >= 11 is 6.25. The Balaban J connectivity index is 1.79. The number of benzene rings is 1. The number of aromatic nitrogens is 2. The average Bonchev–Trinajstić information content (AvgIpc) is 3.11. The zero-order chi connectivity index (χ0) is 15.5. The van der Waals surface area contributed by atoms with E-state index >= 15 is 0 Å². The summed E-state index contributed by atoms with van der Waals surface area (Å²) < 4.78 is 7.73. The molecule has 1 aromatic carbocycles. The fourth-order valence-corrected chi connectivity index (χ4v) is 3.13. The second-order valence-electron chi connectivity index (χ2n) is 5.62. The molecular formula is C16H21ClN4O. The number of likely N-dealkylation sites (tertiary alicyclic amines) is 1. The third-order valence-electron chi connectivity index (χ3n) is 4.02. The molecule has 2 heterocycles. The van der Waals surface area contributed by atoms with Gasteiger partial charge in [-0.25, -0.2) is 0 Å². The first-order chi connectivity index (χ1) is 10.6. The van der Waals surface area contributed by atoms with Crippen molar-refractivity contribution < 1.29 is 4.74 Å². The van der Waals surface area contributed by atoms with E-state index in [1.54, 1.807) is 10.9 Å². The van der Waals surface area contributed by atoms with Gasteiger partial charge in [0.15, 0.2) is 0 Å². The summed E-state index contributed by atoms with van der Waals surface area (Å²) in [5.74, 6) is 0.791. The summed E-state index contributed by atoms with van der Waals surface area (Å²) in [4.78, 5) is 2.42. The molecule has 0 saturated carbocycles. The van der Waals surface area contributed by atoms with Gasteiger partial charge in [-0.1, -0.05) is 11.6 Å². The number of hydrogen-bond donors (Lipinski definition) is 1. The number of nitrogens with two attached hydrogens (primary N) is 1. The molecule has 1 saturated heterocycles. The number of hydrogen-bond acceptors (Lipinski definition) is 4. The maximum atomic E-state index is 6.25. The van der Waals surface area contributed by atoms with Crippen LogP contribution in [0.5, 0.6) is 5.75 Å². The van der Waals surface area contributed by atoms with E-state index in [0.29, 0.717) is 17.3 Å². The minimum Gasteiger partial charge on any atom is -0.492 e. The first kappa shape index (κ1) is 15.2. The maximum Gasteiger partial charge on any atom is 0.128 e. The SMILES string of the molecule is Cn1ncc(Cl)c1-c1cc(N)ccc1OCCN1CCCC1. The highest BCUT2D eigenvalue weighted by molar-refractivity contribution is 6.33.